The van der Waals surface area contributed by atoms with Crippen LogP contribution >= 0.6 is 11.8 Å². The summed E-state index contributed by atoms with van der Waals surface area (Å²) < 4.78 is 60.9. The Balaban J connectivity index is 0.976. The van der Waals surface area contributed by atoms with Crippen LogP contribution < -0.4 is 15.4 Å². The molecule has 53 heavy (non-hydrogen) atoms. The van der Waals surface area contributed by atoms with Gasteiger partial charge in [0, 0.05) is 32.0 Å². The molecule has 0 radical (unpaired) electrons. The average Bonchev–Trinajstić information content (AvgIpc) is 3.65. The van der Waals surface area contributed by atoms with Crippen LogP contribution in [0.25, 0.3) is 0 Å². The number of thioether (sulfide) groups is 1. The van der Waals surface area contributed by atoms with Gasteiger partial charge in [0.25, 0.3) is 0 Å². The smallest absolute Gasteiger partial charge is 0.471 e. The molecule has 3 fully saturated rings. The van der Waals surface area contributed by atoms with Gasteiger partial charge in [-0.1, -0.05) is 12.1 Å². The number of rotatable bonds is 20. The van der Waals surface area contributed by atoms with Crippen molar-refractivity contribution in [2.24, 2.45) is 11.8 Å². The molecule has 3 aliphatic rings. The maximum atomic E-state index is 12.9. The SMILES string of the molecule is CC(=O)CSC1CC(=O)N(Cc2cccc(OCCOCCOCCOCCNC(=O)NCC3CC4CCN(C(=O)C(F)(F)F)[C@@H]4[C@@H](O)[C@H]3O)c2)C1=O. The molecule has 5 amide bonds. The molecule has 0 aromatic heterocycles. The van der Waals surface area contributed by atoms with Crippen molar-refractivity contribution in [2.45, 2.75) is 62.4 Å². The van der Waals surface area contributed by atoms with Gasteiger partial charge in [-0.15, -0.1) is 11.8 Å². The number of amides is 5. The molecule has 0 spiro atoms. The molecule has 1 saturated carbocycles. The highest BCUT2D eigenvalue weighted by molar-refractivity contribution is 8.01. The number of nitrogens with one attached hydrogen (secondary N) is 2. The molecule has 1 aromatic rings. The average molecular weight is 777 g/mol. The zero-order valence-corrected chi connectivity index (χ0v) is 30.2. The number of alkyl halides is 3. The second-order valence-electron chi connectivity index (χ2n) is 13.0. The van der Waals surface area contributed by atoms with Gasteiger partial charge in [0.2, 0.25) is 11.8 Å². The Morgan fingerprint density at radius 2 is 1.64 bits per heavy atom. The number of carbonyl (C=O) groups excluding carboxylic acids is 5. The number of fused-ring (bicyclic) bond motifs is 1. The lowest BCUT2D eigenvalue weighted by molar-refractivity contribution is -0.192. The summed E-state index contributed by atoms with van der Waals surface area (Å²) in [4.78, 5) is 62.0. The van der Waals surface area contributed by atoms with Crippen molar-refractivity contribution in [1.82, 2.24) is 20.4 Å². The number of imide groups is 1. The van der Waals surface area contributed by atoms with Crippen molar-refractivity contribution < 1.29 is 66.3 Å². The Morgan fingerprint density at radius 3 is 2.32 bits per heavy atom. The standard InChI is InChI=1S/C34H47F3N4O11S/c1-21(42)20-53-26-17-27(43)41(31(26)46)19-22-3-2-4-25(15-22)52-14-13-51-12-11-50-10-9-49-8-6-38-33(48)39-18-24-16-23-5-7-40(32(47)34(35,36)37)28(23)30(45)29(24)44/h2-4,15,23-24,26,28-30,44-45H,5-14,16-20H2,1H3,(H2,38,39,48)/t23?,24?,26?,28-,29-,30+/m0/s1. The van der Waals surface area contributed by atoms with Gasteiger partial charge >= 0.3 is 18.1 Å². The van der Waals surface area contributed by atoms with Gasteiger partial charge in [0.1, 0.15) is 24.2 Å². The van der Waals surface area contributed by atoms with Gasteiger partial charge < -0.3 is 44.7 Å². The van der Waals surface area contributed by atoms with E-state index in [4.69, 9.17) is 18.9 Å². The maximum Gasteiger partial charge on any atom is 0.471 e. The molecule has 0 bridgehead atoms. The minimum atomic E-state index is -5.06. The number of hydrogen-bond acceptors (Lipinski definition) is 12. The van der Waals surface area contributed by atoms with Crippen LogP contribution in [0.4, 0.5) is 18.0 Å². The minimum Gasteiger partial charge on any atom is -0.491 e. The van der Waals surface area contributed by atoms with Gasteiger partial charge in [0.15, 0.2) is 0 Å². The summed E-state index contributed by atoms with van der Waals surface area (Å²) in [5.41, 5.74) is 0.740. The minimum absolute atomic E-state index is 0.00698. The van der Waals surface area contributed by atoms with E-state index in [0.717, 1.165) is 5.56 Å². The van der Waals surface area contributed by atoms with Crippen molar-refractivity contribution >= 4 is 41.3 Å². The van der Waals surface area contributed by atoms with E-state index in [2.05, 4.69) is 10.6 Å². The number of halogens is 3. The third-order valence-corrected chi connectivity index (χ3v) is 10.4. The lowest BCUT2D eigenvalue weighted by Gasteiger charge is -2.42. The largest absolute Gasteiger partial charge is 0.491 e. The van der Waals surface area contributed by atoms with Crippen molar-refractivity contribution in [3.63, 3.8) is 0 Å². The van der Waals surface area contributed by atoms with Gasteiger partial charge in [-0.05, 0) is 43.4 Å². The molecule has 296 valence electrons. The summed E-state index contributed by atoms with van der Waals surface area (Å²) in [7, 11) is 0. The normalized spacial score (nSPS) is 24.3. The summed E-state index contributed by atoms with van der Waals surface area (Å²) >= 11 is 1.19. The van der Waals surface area contributed by atoms with Gasteiger partial charge in [-0.25, -0.2) is 4.79 Å². The fraction of sp³-hybridized carbons (Fsp3) is 0.676. The highest BCUT2D eigenvalue weighted by Crippen LogP contribution is 2.41. The highest BCUT2D eigenvalue weighted by Gasteiger charge is 2.54. The monoisotopic (exact) mass is 776 g/mol. The third-order valence-electron chi connectivity index (χ3n) is 9.10. The first kappa shape index (κ1) is 42.3. The predicted molar refractivity (Wildman–Crippen MR) is 183 cm³/mol. The molecule has 4 N–H and O–H groups in total. The number of Topliss-reactive ketones (excluding diaryl/α,β-unsaturated/α-hetero) is 1. The van der Waals surface area contributed by atoms with E-state index >= 15 is 0 Å². The Labute approximate surface area is 309 Å². The van der Waals surface area contributed by atoms with Crippen molar-refractivity contribution in [2.75, 3.05) is 71.6 Å². The zero-order chi connectivity index (χ0) is 38.5. The zero-order valence-electron chi connectivity index (χ0n) is 29.4. The van der Waals surface area contributed by atoms with Crippen LogP contribution in [0, 0.1) is 11.8 Å². The first-order valence-corrected chi connectivity index (χ1v) is 18.5. The summed E-state index contributed by atoms with van der Waals surface area (Å²) in [5, 5.41) is 25.7. The quantitative estimate of drug-likeness (QED) is 0.108. The van der Waals surface area contributed by atoms with E-state index in [1.807, 2.05) is 0 Å². The Bertz CT molecular complexity index is 1420. The molecule has 6 atom stereocenters. The van der Waals surface area contributed by atoms with E-state index in [-0.39, 0.29) is 88.6 Å². The molecule has 15 nitrogen and oxygen atoms in total. The fourth-order valence-electron chi connectivity index (χ4n) is 6.58. The van der Waals surface area contributed by atoms with E-state index in [0.29, 0.717) is 37.1 Å². The molecule has 19 heteroatoms. The number of ether oxygens (including phenoxy) is 4. The molecule has 1 aliphatic carbocycles. The molecule has 1 aromatic carbocycles. The number of carbonyl (C=O) groups is 5. The molecule has 4 rings (SSSR count). The summed E-state index contributed by atoms with van der Waals surface area (Å²) in [6.45, 7) is 3.59. The number of aliphatic hydroxyl groups is 2. The first-order valence-electron chi connectivity index (χ1n) is 17.4. The van der Waals surface area contributed by atoms with E-state index < -0.39 is 53.5 Å². The number of aliphatic hydroxyl groups excluding tert-OH is 2. The number of ketones is 1. The lowest BCUT2D eigenvalue weighted by atomic mass is 9.74. The molecule has 2 saturated heterocycles. The number of benzene rings is 1. The highest BCUT2D eigenvalue weighted by atomic mass is 32.2. The number of likely N-dealkylation sites (tertiary alicyclic amines) is 2. The molecule has 2 heterocycles. The van der Waals surface area contributed by atoms with Crippen LogP contribution in [0.2, 0.25) is 0 Å². The van der Waals surface area contributed by atoms with Crippen LogP contribution in [0.15, 0.2) is 24.3 Å². The number of hydrogen-bond donors (Lipinski definition) is 4. The van der Waals surface area contributed by atoms with E-state index in [1.54, 1.807) is 24.3 Å². The molecule has 2 aliphatic heterocycles. The summed E-state index contributed by atoms with van der Waals surface area (Å²) in [6, 6.07) is 5.44. The summed E-state index contributed by atoms with van der Waals surface area (Å²) in [5.74, 6) is -2.88. The van der Waals surface area contributed by atoms with Gasteiger partial charge in [-0.3, -0.25) is 24.1 Å². The van der Waals surface area contributed by atoms with Crippen LogP contribution in [0.1, 0.15) is 31.7 Å². The fourth-order valence-corrected chi connectivity index (χ4v) is 7.55. The second kappa shape index (κ2) is 20.3. The Morgan fingerprint density at radius 1 is 0.962 bits per heavy atom. The third kappa shape index (κ3) is 12.5. The van der Waals surface area contributed by atoms with Gasteiger partial charge in [0.05, 0.1) is 69.3 Å². The van der Waals surface area contributed by atoms with Crippen LogP contribution in [-0.2, 0) is 39.9 Å². The number of nitrogens with zero attached hydrogens (tertiary/aromatic N) is 2. The first-order chi connectivity index (χ1) is 25.3. The second-order valence-corrected chi connectivity index (χ2v) is 14.2. The Hall–Kier alpha value is -3.49. The molecule has 3 unspecified atom stereocenters. The predicted octanol–water partition coefficient (Wildman–Crippen LogP) is 0.885. The molecular weight excluding hydrogens is 729 g/mol. The summed E-state index contributed by atoms with van der Waals surface area (Å²) in [6.07, 6.45) is -7.42. The molecular formula is C34H47F3N4O11S. The van der Waals surface area contributed by atoms with Crippen LogP contribution in [0.3, 0.4) is 0 Å². The van der Waals surface area contributed by atoms with E-state index in [1.165, 1.54) is 23.6 Å². The van der Waals surface area contributed by atoms with Gasteiger partial charge in [-0.2, -0.15) is 13.2 Å². The van der Waals surface area contributed by atoms with Crippen molar-refractivity contribution in [3.8, 4) is 5.75 Å². The van der Waals surface area contributed by atoms with Crippen LogP contribution in [-0.4, -0.2) is 151 Å². The lowest BCUT2D eigenvalue weighted by Crippen LogP contribution is -2.59. The number of urea groups is 1. The van der Waals surface area contributed by atoms with Crippen molar-refractivity contribution in [3.05, 3.63) is 29.8 Å². The van der Waals surface area contributed by atoms with Crippen LogP contribution in [0.5, 0.6) is 5.75 Å². The topological polar surface area (TPSA) is 193 Å². The Kier molecular flexibility index (Phi) is 16.2. The van der Waals surface area contributed by atoms with Crippen molar-refractivity contribution in [1.29, 1.82) is 0 Å². The van der Waals surface area contributed by atoms with E-state index in [9.17, 15) is 47.4 Å². The maximum absolute atomic E-state index is 12.9.